The zero-order valence-electron chi connectivity index (χ0n) is 11.4. The van der Waals surface area contributed by atoms with Crippen molar-refractivity contribution in [2.45, 2.75) is 6.54 Å². The van der Waals surface area contributed by atoms with Crippen LogP contribution in [0.2, 0.25) is 5.02 Å². The van der Waals surface area contributed by atoms with E-state index in [1.165, 1.54) is 0 Å². The van der Waals surface area contributed by atoms with Crippen molar-refractivity contribution in [3.63, 3.8) is 0 Å². The van der Waals surface area contributed by atoms with Crippen molar-refractivity contribution in [2.24, 2.45) is 12.9 Å². The Morgan fingerprint density at radius 3 is 2.57 bits per heavy atom. The fourth-order valence-corrected chi connectivity index (χ4v) is 2.38. The predicted octanol–water partition coefficient (Wildman–Crippen LogP) is 2.67. The highest BCUT2D eigenvalue weighted by atomic mass is 35.5. The van der Waals surface area contributed by atoms with Gasteiger partial charge >= 0.3 is 0 Å². The van der Waals surface area contributed by atoms with Gasteiger partial charge in [0.05, 0.1) is 5.52 Å². The van der Waals surface area contributed by atoms with Gasteiger partial charge in [0.2, 0.25) is 0 Å². The summed E-state index contributed by atoms with van der Waals surface area (Å²) in [6, 6.07) is 11.9. The molecule has 0 atom stereocenters. The summed E-state index contributed by atoms with van der Waals surface area (Å²) < 4.78 is 1.76. The van der Waals surface area contributed by atoms with Crippen molar-refractivity contribution < 1.29 is 0 Å². The van der Waals surface area contributed by atoms with Gasteiger partial charge in [-0.05, 0) is 41.0 Å². The molecule has 0 amide bonds. The first-order chi connectivity index (χ1) is 9.69. The van der Waals surface area contributed by atoms with Crippen molar-refractivity contribution in [3.8, 4) is 11.1 Å². The van der Waals surface area contributed by atoms with Crippen LogP contribution in [-0.2, 0) is 13.6 Å². The summed E-state index contributed by atoms with van der Waals surface area (Å²) in [6.07, 6.45) is 0. The molecule has 0 aliphatic carbocycles. The van der Waals surface area contributed by atoms with Crippen molar-refractivity contribution >= 4 is 35.0 Å². The number of hydrazine groups is 1. The van der Waals surface area contributed by atoms with Gasteiger partial charge in [-0.15, -0.1) is 17.5 Å². The van der Waals surface area contributed by atoms with Crippen molar-refractivity contribution in [2.75, 3.05) is 0 Å². The summed E-state index contributed by atoms with van der Waals surface area (Å²) in [5.41, 5.74) is 7.71. The Hall–Kier alpha value is -1.66. The van der Waals surface area contributed by atoms with Crippen molar-refractivity contribution in [1.82, 2.24) is 20.4 Å². The maximum Gasteiger partial charge on any atom is 0.117 e. The lowest BCUT2D eigenvalue weighted by Crippen LogP contribution is -2.21. The van der Waals surface area contributed by atoms with Gasteiger partial charge in [-0.25, -0.2) is 4.68 Å². The Bertz CT molecular complexity index is 752. The van der Waals surface area contributed by atoms with Crippen molar-refractivity contribution in [1.29, 1.82) is 0 Å². The van der Waals surface area contributed by atoms with Crippen LogP contribution in [0.25, 0.3) is 22.2 Å². The van der Waals surface area contributed by atoms with Crippen LogP contribution in [0.1, 0.15) is 5.56 Å². The number of aromatic nitrogens is 3. The second-order valence-electron chi connectivity index (χ2n) is 4.60. The second kappa shape index (κ2) is 6.41. The summed E-state index contributed by atoms with van der Waals surface area (Å²) in [7, 11) is 1.88. The lowest BCUT2D eigenvalue weighted by molar-refractivity contribution is 0.733. The first-order valence-electron chi connectivity index (χ1n) is 6.21. The number of nitrogens with two attached hydrogens (primary N) is 1. The molecule has 0 aliphatic rings. The molecule has 1 aromatic heterocycles. The molecule has 110 valence electrons. The Labute approximate surface area is 133 Å². The maximum absolute atomic E-state index is 5.93. The van der Waals surface area contributed by atoms with Crippen LogP contribution in [0.15, 0.2) is 36.4 Å². The van der Waals surface area contributed by atoms with Gasteiger partial charge in [0, 0.05) is 18.6 Å². The average Bonchev–Trinajstić information content (AvgIpc) is 2.82. The fraction of sp³-hybridized carbons (Fsp3) is 0.143. The third-order valence-corrected chi connectivity index (χ3v) is 3.52. The molecule has 0 radical (unpaired) electrons. The Kier molecular flexibility index (Phi) is 4.80. The highest BCUT2D eigenvalue weighted by Gasteiger charge is 2.10. The van der Waals surface area contributed by atoms with E-state index in [9.17, 15) is 0 Å². The molecule has 3 rings (SSSR count). The molecule has 7 heteroatoms. The van der Waals surface area contributed by atoms with Gasteiger partial charge in [0.1, 0.15) is 5.52 Å². The molecular weight excluding hydrogens is 309 g/mol. The molecule has 3 N–H and O–H groups in total. The quantitative estimate of drug-likeness (QED) is 0.574. The molecule has 0 unspecified atom stereocenters. The van der Waals surface area contributed by atoms with Gasteiger partial charge in [0.25, 0.3) is 0 Å². The number of halogens is 2. The number of nitrogens with one attached hydrogen (secondary N) is 1. The molecule has 0 fully saturated rings. The third kappa shape index (κ3) is 3.01. The zero-order valence-corrected chi connectivity index (χ0v) is 12.9. The Balaban J connectivity index is 0.00000161. The van der Waals surface area contributed by atoms with E-state index in [-0.39, 0.29) is 12.4 Å². The first-order valence-corrected chi connectivity index (χ1v) is 6.58. The molecule has 0 aliphatic heterocycles. The normalized spacial score (nSPS) is 10.6. The molecule has 21 heavy (non-hydrogen) atoms. The summed E-state index contributed by atoms with van der Waals surface area (Å²) in [6.45, 7) is 0.538. The molecule has 1 heterocycles. The van der Waals surface area contributed by atoms with E-state index in [2.05, 4.69) is 27.9 Å². The molecule has 3 aromatic rings. The number of aryl methyl sites for hydroxylation is 1. The maximum atomic E-state index is 5.93. The molecular formula is C14H15Cl2N5. The highest BCUT2D eigenvalue weighted by molar-refractivity contribution is 6.30. The Morgan fingerprint density at radius 1 is 1.19 bits per heavy atom. The topological polar surface area (TPSA) is 68.8 Å². The lowest BCUT2D eigenvalue weighted by Gasteiger charge is -2.07. The standard InChI is InChI=1S/C14H14ClN5.ClH/c1-20-13-7-10(9-2-4-12(15)5-3-9)6-11(8-17-16)14(13)18-19-20;/h2-7,17H,8,16H2,1H3;1H. The van der Waals surface area contributed by atoms with Gasteiger partial charge in [-0.3, -0.25) is 11.3 Å². The van der Waals surface area contributed by atoms with E-state index in [4.69, 9.17) is 17.4 Å². The number of hydrogen-bond acceptors (Lipinski definition) is 4. The number of fused-ring (bicyclic) bond motifs is 1. The monoisotopic (exact) mass is 323 g/mol. The molecule has 0 spiro atoms. The van der Waals surface area contributed by atoms with Crippen LogP contribution in [-0.4, -0.2) is 15.0 Å². The fourth-order valence-electron chi connectivity index (χ4n) is 2.25. The summed E-state index contributed by atoms with van der Waals surface area (Å²) in [4.78, 5) is 0. The summed E-state index contributed by atoms with van der Waals surface area (Å²) in [5, 5.41) is 8.97. The summed E-state index contributed by atoms with van der Waals surface area (Å²) in [5.74, 6) is 5.44. The summed E-state index contributed by atoms with van der Waals surface area (Å²) >= 11 is 5.93. The van der Waals surface area contributed by atoms with Gasteiger partial charge < -0.3 is 0 Å². The minimum atomic E-state index is 0. The highest BCUT2D eigenvalue weighted by Crippen LogP contribution is 2.27. The van der Waals surface area contributed by atoms with Crippen LogP contribution < -0.4 is 11.3 Å². The molecule has 0 saturated heterocycles. The number of nitrogens with zero attached hydrogens (tertiary/aromatic N) is 3. The van der Waals surface area contributed by atoms with E-state index in [0.717, 1.165) is 32.7 Å². The van der Waals surface area contributed by atoms with E-state index < -0.39 is 0 Å². The molecule has 2 aromatic carbocycles. The van der Waals surface area contributed by atoms with E-state index in [0.29, 0.717) is 6.54 Å². The lowest BCUT2D eigenvalue weighted by atomic mass is 10.0. The number of benzene rings is 2. The van der Waals surface area contributed by atoms with Gasteiger partial charge in [-0.2, -0.15) is 0 Å². The van der Waals surface area contributed by atoms with Crippen LogP contribution in [0.3, 0.4) is 0 Å². The number of rotatable bonds is 3. The first kappa shape index (κ1) is 15.7. The van der Waals surface area contributed by atoms with Crippen LogP contribution in [0.4, 0.5) is 0 Å². The molecule has 0 bridgehead atoms. The minimum absolute atomic E-state index is 0. The molecule has 5 nitrogen and oxygen atoms in total. The zero-order chi connectivity index (χ0) is 14.1. The van der Waals surface area contributed by atoms with Crippen molar-refractivity contribution in [3.05, 3.63) is 47.0 Å². The molecule has 0 saturated carbocycles. The van der Waals surface area contributed by atoms with Gasteiger partial charge in [0.15, 0.2) is 0 Å². The predicted molar refractivity (Wildman–Crippen MR) is 87.2 cm³/mol. The van der Waals surface area contributed by atoms with Crippen LogP contribution in [0, 0.1) is 0 Å². The van der Waals surface area contributed by atoms with E-state index in [1.54, 1.807) is 4.68 Å². The van der Waals surface area contributed by atoms with E-state index >= 15 is 0 Å². The van der Waals surface area contributed by atoms with Crippen LogP contribution in [0.5, 0.6) is 0 Å². The average molecular weight is 324 g/mol. The largest absolute Gasteiger partial charge is 0.271 e. The number of hydrogen-bond donors (Lipinski definition) is 2. The van der Waals surface area contributed by atoms with Crippen LogP contribution >= 0.6 is 24.0 Å². The van der Waals surface area contributed by atoms with E-state index in [1.807, 2.05) is 31.3 Å². The third-order valence-electron chi connectivity index (χ3n) is 3.27. The SMILES string of the molecule is Cl.Cn1nnc2c(CNN)cc(-c3ccc(Cl)cc3)cc21. The second-order valence-corrected chi connectivity index (χ2v) is 5.04. The Morgan fingerprint density at radius 2 is 1.90 bits per heavy atom. The smallest absolute Gasteiger partial charge is 0.117 e. The minimum Gasteiger partial charge on any atom is -0.271 e. The van der Waals surface area contributed by atoms with Gasteiger partial charge in [-0.1, -0.05) is 28.9 Å².